The van der Waals surface area contributed by atoms with Crippen molar-refractivity contribution in [3.63, 3.8) is 0 Å². The van der Waals surface area contributed by atoms with Crippen LogP contribution in [0, 0.1) is 11.3 Å². The lowest BCUT2D eigenvalue weighted by molar-refractivity contribution is -0.133. The van der Waals surface area contributed by atoms with Gasteiger partial charge in [0.2, 0.25) is 0 Å². The minimum absolute atomic E-state index is 0.434. The number of rotatable bonds is 4. The number of nitrogens with one attached hydrogen (secondary N) is 3. The third kappa shape index (κ3) is 3.08. The van der Waals surface area contributed by atoms with Gasteiger partial charge in [-0.1, -0.05) is 13.8 Å². The molecule has 120 valence electrons. The zero-order chi connectivity index (χ0) is 17.0. The number of carbonyl (C=O) groups excluding carboxylic acids is 3. The molecule has 23 heavy (non-hydrogen) atoms. The first-order valence-corrected chi connectivity index (χ1v) is 7.20. The molecular weight excluding hydrogens is 298 g/mol. The molecule has 0 aliphatic carbocycles. The summed E-state index contributed by atoms with van der Waals surface area (Å²) >= 11 is 0. The van der Waals surface area contributed by atoms with E-state index in [9.17, 15) is 14.4 Å². The highest BCUT2D eigenvalue weighted by molar-refractivity contribution is 6.08. The highest BCUT2D eigenvalue weighted by atomic mass is 16.2. The maximum atomic E-state index is 12.3. The van der Waals surface area contributed by atoms with Gasteiger partial charge < -0.3 is 10.6 Å². The summed E-state index contributed by atoms with van der Waals surface area (Å²) < 4.78 is 0. The summed E-state index contributed by atoms with van der Waals surface area (Å²) in [7, 11) is 0. The highest BCUT2D eigenvalue weighted by Gasteiger charge is 2.49. The quantitative estimate of drug-likeness (QED) is 0.734. The molecule has 0 saturated carbocycles. The number of benzene rings is 1. The van der Waals surface area contributed by atoms with Crippen LogP contribution in [-0.4, -0.2) is 28.5 Å². The largest absolute Gasteiger partial charge is 0.344 e. The van der Waals surface area contributed by atoms with Crippen LogP contribution in [0.4, 0.5) is 15.3 Å². The summed E-state index contributed by atoms with van der Waals surface area (Å²) in [6.45, 7) is 3.59. The van der Waals surface area contributed by atoms with Crippen LogP contribution in [0.5, 0.6) is 0 Å². The molecule has 8 heteroatoms. The first kappa shape index (κ1) is 16.3. The van der Waals surface area contributed by atoms with Gasteiger partial charge >= 0.3 is 12.1 Å². The van der Waals surface area contributed by atoms with E-state index < -0.39 is 23.5 Å². The first-order valence-electron chi connectivity index (χ1n) is 7.20. The van der Waals surface area contributed by atoms with Crippen LogP contribution in [0.25, 0.3) is 0 Å². The van der Waals surface area contributed by atoms with Gasteiger partial charge in [-0.05, 0) is 37.1 Å². The number of nitrogens with zero attached hydrogens (tertiary/aromatic N) is 2. The number of hydrogen-bond donors (Lipinski definition) is 3. The molecule has 8 nitrogen and oxygen atoms in total. The van der Waals surface area contributed by atoms with Gasteiger partial charge in [-0.25, -0.2) is 15.0 Å². The van der Waals surface area contributed by atoms with Gasteiger partial charge in [0, 0.05) is 5.69 Å². The third-order valence-electron chi connectivity index (χ3n) is 3.85. The Hall–Kier alpha value is -3.08. The van der Waals surface area contributed by atoms with Crippen molar-refractivity contribution in [1.29, 1.82) is 5.26 Å². The van der Waals surface area contributed by atoms with Gasteiger partial charge in [0.1, 0.15) is 5.54 Å². The highest BCUT2D eigenvalue weighted by Crippen LogP contribution is 2.23. The molecule has 1 aliphatic heterocycles. The molecule has 0 atom stereocenters. The number of hydrazine groups is 1. The molecular formula is C15H17N5O3. The van der Waals surface area contributed by atoms with E-state index in [1.807, 2.05) is 6.07 Å². The molecule has 1 aromatic carbocycles. The average molecular weight is 315 g/mol. The standard InChI is InChI=1S/C15H17N5O3/c1-3-15(4-2)12(21)20(14(23)18-15)19-13(22)17-11-7-5-10(9-16)6-8-11/h5-8H,3-4H2,1-2H3,(H,18,23)(H2,17,19,22). The van der Waals surface area contributed by atoms with Crippen LogP contribution in [-0.2, 0) is 4.79 Å². The van der Waals surface area contributed by atoms with Crippen molar-refractivity contribution in [2.45, 2.75) is 32.2 Å². The van der Waals surface area contributed by atoms with Crippen molar-refractivity contribution in [1.82, 2.24) is 15.8 Å². The zero-order valence-corrected chi connectivity index (χ0v) is 12.8. The first-order chi connectivity index (χ1) is 11.0. The van der Waals surface area contributed by atoms with E-state index in [-0.39, 0.29) is 0 Å². The number of urea groups is 2. The zero-order valence-electron chi connectivity index (χ0n) is 12.8. The molecule has 1 aromatic rings. The molecule has 0 unspecified atom stereocenters. The molecule has 1 aliphatic rings. The van der Waals surface area contributed by atoms with Crippen LogP contribution in [0.3, 0.4) is 0 Å². The number of carbonyl (C=O) groups is 3. The summed E-state index contributed by atoms with van der Waals surface area (Å²) in [5.41, 5.74) is 2.16. The van der Waals surface area contributed by atoms with Crippen LogP contribution in [0.1, 0.15) is 32.3 Å². The second-order valence-electron chi connectivity index (χ2n) is 5.12. The monoisotopic (exact) mass is 315 g/mol. The van der Waals surface area contributed by atoms with Crippen molar-refractivity contribution >= 4 is 23.7 Å². The van der Waals surface area contributed by atoms with E-state index >= 15 is 0 Å². The fourth-order valence-electron chi connectivity index (χ4n) is 2.34. The molecule has 0 radical (unpaired) electrons. The Kier molecular flexibility index (Phi) is 4.50. The van der Waals surface area contributed by atoms with Crippen LogP contribution < -0.4 is 16.1 Å². The summed E-state index contributed by atoms with van der Waals surface area (Å²) in [5.74, 6) is -0.484. The summed E-state index contributed by atoms with van der Waals surface area (Å²) in [5, 5.41) is 14.5. The third-order valence-corrected chi connectivity index (χ3v) is 3.85. The molecule has 1 fully saturated rings. The number of hydrogen-bond acceptors (Lipinski definition) is 4. The van der Waals surface area contributed by atoms with Gasteiger partial charge in [0.05, 0.1) is 11.6 Å². The Morgan fingerprint density at radius 1 is 1.26 bits per heavy atom. The van der Waals surface area contributed by atoms with Gasteiger partial charge in [-0.15, -0.1) is 0 Å². The number of amides is 5. The van der Waals surface area contributed by atoms with E-state index in [1.165, 1.54) is 0 Å². The van der Waals surface area contributed by atoms with Gasteiger partial charge in [-0.2, -0.15) is 10.3 Å². The van der Waals surface area contributed by atoms with Crippen LogP contribution >= 0.6 is 0 Å². The minimum atomic E-state index is -0.973. The Morgan fingerprint density at radius 2 is 1.87 bits per heavy atom. The predicted octanol–water partition coefficient (Wildman–Crippen LogP) is 1.71. The molecule has 1 heterocycles. The maximum absolute atomic E-state index is 12.3. The number of anilines is 1. The Labute approximate surface area is 133 Å². The molecule has 0 bridgehead atoms. The van der Waals surface area contributed by atoms with E-state index in [4.69, 9.17) is 5.26 Å². The Balaban J connectivity index is 2.04. The van der Waals surface area contributed by atoms with E-state index in [0.29, 0.717) is 29.1 Å². The van der Waals surface area contributed by atoms with Crippen molar-refractivity contribution in [3.8, 4) is 6.07 Å². The summed E-state index contributed by atoms with van der Waals surface area (Å²) in [6.07, 6.45) is 0.868. The van der Waals surface area contributed by atoms with E-state index in [2.05, 4.69) is 16.1 Å². The second-order valence-corrected chi connectivity index (χ2v) is 5.12. The maximum Gasteiger partial charge on any atom is 0.344 e. The SMILES string of the molecule is CCC1(CC)NC(=O)N(NC(=O)Nc2ccc(C#N)cc2)C1=O. The van der Waals surface area contributed by atoms with E-state index in [0.717, 1.165) is 0 Å². The van der Waals surface area contributed by atoms with Crippen molar-refractivity contribution < 1.29 is 14.4 Å². The molecule has 3 N–H and O–H groups in total. The smallest absolute Gasteiger partial charge is 0.322 e. The average Bonchev–Trinajstić information content (AvgIpc) is 2.80. The number of nitriles is 1. The lowest BCUT2D eigenvalue weighted by Gasteiger charge is -2.23. The fraction of sp³-hybridized carbons (Fsp3) is 0.333. The Bertz CT molecular complexity index is 673. The lowest BCUT2D eigenvalue weighted by Crippen LogP contribution is -2.50. The molecule has 1 saturated heterocycles. The van der Waals surface area contributed by atoms with Crippen LogP contribution in [0.15, 0.2) is 24.3 Å². The van der Waals surface area contributed by atoms with Gasteiger partial charge in [-0.3, -0.25) is 4.79 Å². The Morgan fingerprint density at radius 3 is 2.35 bits per heavy atom. The molecule has 5 amide bonds. The lowest BCUT2D eigenvalue weighted by atomic mass is 9.93. The number of imide groups is 1. The summed E-state index contributed by atoms with van der Waals surface area (Å²) in [6, 6.07) is 6.77. The predicted molar refractivity (Wildman–Crippen MR) is 82.0 cm³/mol. The van der Waals surface area contributed by atoms with E-state index in [1.54, 1.807) is 38.1 Å². The van der Waals surface area contributed by atoms with Crippen molar-refractivity contribution in [2.75, 3.05) is 5.32 Å². The molecule has 2 rings (SSSR count). The molecule has 0 spiro atoms. The normalized spacial score (nSPS) is 15.8. The minimum Gasteiger partial charge on any atom is -0.322 e. The molecule has 0 aromatic heterocycles. The topological polar surface area (TPSA) is 114 Å². The second kappa shape index (κ2) is 6.36. The van der Waals surface area contributed by atoms with Gasteiger partial charge in [0.15, 0.2) is 0 Å². The van der Waals surface area contributed by atoms with Gasteiger partial charge in [0.25, 0.3) is 5.91 Å². The van der Waals surface area contributed by atoms with Crippen molar-refractivity contribution in [3.05, 3.63) is 29.8 Å². The fourth-order valence-corrected chi connectivity index (χ4v) is 2.34. The van der Waals surface area contributed by atoms with Crippen molar-refractivity contribution in [2.24, 2.45) is 0 Å². The summed E-state index contributed by atoms with van der Waals surface area (Å²) in [4.78, 5) is 36.2. The van der Waals surface area contributed by atoms with Crippen LogP contribution in [0.2, 0.25) is 0 Å².